The zero-order valence-corrected chi connectivity index (χ0v) is 14.8. The van der Waals surface area contributed by atoms with Crippen LogP contribution < -0.4 is 0 Å². The van der Waals surface area contributed by atoms with Gasteiger partial charge >= 0.3 is 5.97 Å². The summed E-state index contributed by atoms with van der Waals surface area (Å²) in [4.78, 5) is 18.3. The van der Waals surface area contributed by atoms with Gasteiger partial charge in [-0.25, -0.2) is 4.98 Å². The van der Waals surface area contributed by atoms with Crippen molar-refractivity contribution >= 4 is 5.97 Å². The molecule has 3 rings (SSSR count). The second-order valence-corrected chi connectivity index (χ2v) is 8.06. The standard InChI is InChI=1S/C18H28N2O4/c1-18(2,3)14-11-24-15(19-14)10-20-7-4-12(5-8-20)16-13(17(21)22)6-9-23-16/h11-13,16H,4-10H2,1-3H3,(H,21,22)/t13-,16+/m1/s1. The van der Waals surface area contributed by atoms with Crippen LogP contribution in [0, 0.1) is 11.8 Å². The fraction of sp³-hybridized carbons (Fsp3) is 0.778. The van der Waals surface area contributed by atoms with Crippen molar-refractivity contribution in [2.24, 2.45) is 11.8 Å². The summed E-state index contributed by atoms with van der Waals surface area (Å²) in [6.07, 6.45) is 4.24. The summed E-state index contributed by atoms with van der Waals surface area (Å²) in [5.41, 5.74) is 0.983. The number of ether oxygens (including phenoxy) is 1. The number of nitrogens with zero attached hydrogens (tertiary/aromatic N) is 2. The lowest BCUT2D eigenvalue weighted by Crippen LogP contribution is -2.40. The van der Waals surface area contributed by atoms with Gasteiger partial charge in [0.1, 0.15) is 6.26 Å². The molecular formula is C18H28N2O4. The van der Waals surface area contributed by atoms with Crippen LogP contribution in [0.3, 0.4) is 0 Å². The second kappa shape index (κ2) is 6.84. The summed E-state index contributed by atoms with van der Waals surface area (Å²) >= 11 is 0. The predicted molar refractivity (Wildman–Crippen MR) is 88.7 cm³/mol. The first-order valence-corrected chi connectivity index (χ1v) is 8.86. The Balaban J connectivity index is 1.52. The minimum absolute atomic E-state index is 0.000397. The van der Waals surface area contributed by atoms with Crippen molar-refractivity contribution in [1.29, 1.82) is 0 Å². The highest BCUT2D eigenvalue weighted by molar-refractivity contribution is 5.71. The van der Waals surface area contributed by atoms with Crippen LogP contribution in [0.4, 0.5) is 0 Å². The zero-order valence-electron chi connectivity index (χ0n) is 14.8. The molecule has 2 saturated heterocycles. The average Bonchev–Trinajstić information content (AvgIpc) is 3.16. The summed E-state index contributed by atoms with van der Waals surface area (Å²) < 4.78 is 11.3. The Hall–Kier alpha value is -1.40. The summed E-state index contributed by atoms with van der Waals surface area (Å²) in [6.45, 7) is 9.54. The zero-order chi connectivity index (χ0) is 17.3. The normalized spacial score (nSPS) is 26.8. The molecule has 0 radical (unpaired) electrons. The molecule has 2 aliphatic rings. The Morgan fingerprint density at radius 1 is 1.33 bits per heavy atom. The molecule has 1 aromatic rings. The van der Waals surface area contributed by atoms with E-state index >= 15 is 0 Å². The third-order valence-corrected chi connectivity index (χ3v) is 5.23. The molecule has 0 amide bonds. The van der Waals surface area contributed by atoms with Gasteiger partial charge in [-0.2, -0.15) is 0 Å². The Kier molecular flexibility index (Phi) is 4.97. The molecule has 1 N–H and O–H groups in total. The number of rotatable bonds is 4. The maximum atomic E-state index is 11.3. The Morgan fingerprint density at radius 3 is 2.62 bits per heavy atom. The Labute approximate surface area is 143 Å². The summed E-state index contributed by atoms with van der Waals surface area (Å²) in [7, 11) is 0. The third kappa shape index (κ3) is 3.81. The van der Waals surface area contributed by atoms with Crippen molar-refractivity contribution in [3.8, 4) is 0 Å². The minimum Gasteiger partial charge on any atom is -0.481 e. The van der Waals surface area contributed by atoms with Crippen molar-refractivity contribution in [3.63, 3.8) is 0 Å². The molecule has 6 heteroatoms. The lowest BCUT2D eigenvalue weighted by molar-refractivity contribution is -0.145. The Morgan fingerprint density at radius 2 is 2.04 bits per heavy atom. The molecule has 134 valence electrons. The first-order valence-electron chi connectivity index (χ1n) is 8.86. The van der Waals surface area contributed by atoms with Gasteiger partial charge < -0.3 is 14.3 Å². The van der Waals surface area contributed by atoms with E-state index in [4.69, 9.17) is 9.15 Å². The molecule has 0 bridgehead atoms. The van der Waals surface area contributed by atoms with Crippen LogP contribution in [-0.4, -0.2) is 46.8 Å². The number of carboxylic acid groups (broad SMARTS) is 1. The highest BCUT2D eigenvalue weighted by Crippen LogP contribution is 2.33. The van der Waals surface area contributed by atoms with Crippen LogP contribution >= 0.6 is 0 Å². The van der Waals surface area contributed by atoms with E-state index in [0.29, 0.717) is 18.9 Å². The fourth-order valence-corrected chi connectivity index (χ4v) is 3.70. The predicted octanol–water partition coefficient (Wildman–Crippen LogP) is 2.67. The topological polar surface area (TPSA) is 75.8 Å². The van der Waals surface area contributed by atoms with Crippen molar-refractivity contribution in [2.45, 2.75) is 58.1 Å². The van der Waals surface area contributed by atoms with Gasteiger partial charge in [-0.15, -0.1) is 0 Å². The summed E-state index contributed by atoms with van der Waals surface area (Å²) in [5, 5.41) is 9.32. The summed E-state index contributed by atoms with van der Waals surface area (Å²) in [5.74, 6) is 0.0653. The molecule has 0 spiro atoms. The highest BCUT2D eigenvalue weighted by atomic mass is 16.5. The van der Waals surface area contributed by atoms with Gasteiger partial charge in [0.25, 0.3) is 0 Å². The molecule has 3 heterocycles. The molecule has 24 heavy (non-hydrogen) atoms. The molecule has 2 aliphatic heterocycles. The molecule has 2 atom stereocenters. The molecule has 2 fully saturated rings. The van der Waals surface area contributed by atoms with Crippen molar-refractivity contribution < 1.29 is 19.1 Å². The van der Waals surface area contributed by atoms with Crippen LogP contribution in [0.15, 0.2) is 10.7 Å². The van der Waals surface area contributed by atoms with E-state index in [1.165, 1.54) is 0 Å². The largest absolute Gasteiger partial charge is 0.481 e. The molecule has 0 saturated carbocycles. The first-order chi connectivity index (χ1) is 11.3. The average molecular weight is 336 g/mol. The van der Waals surface area contributed by atoms with E-state index in [2.05, 4.69) is 30.7 Å². The minimum atomic E-state index is -0.713. The third-order valence-electron chi connectivity index (χ3n) is 5.23. The van der Waals surface area contributed by atoms with Crippen LogP contribution in [0.1, 0.15) is 51.6 Å². The fourth-order valence-electron chi connectivity index (χ4n) is 3.70. The van der Waals surface area contributed by atoms with Gasteiger partial charge in [0, 0.05) is 12.0 Å². The monoisotopic (exact) mass is 336 g/mol. The maximum Gasteiger partial charge on any atom is 0.309 e. The highest BCUT2D eigenvalue weighted by Gasteiger charge is 2.40. The van der Waals surface area contributed by atoms with Gasteiger partial charge in [0.15, 0.2) is 0 Å². The lowest BCUT2D eigenvalue weighted by Gasteiger charge is -2.34. The molecular weight excluding hydrogens is 308 g/mol. The Bertz CT molecular complexity index is 570. The molecule has 1 aromatic heterocycles. The lowest BCUT2D eigenvalue weighted by atomic mass is 9.84. The van der Waals surface area contributed by atoms with E-state index in [-0.39, 0.29) is 17.4 Å². The smallest absolute Gasteiger partial charge is 0.309 e. The van der Waals surface area contributed by atoms with Crippen molar-refractivity contribution in [3.05, 3.63) is 17.8 Å². The van der Waals surface area contributed by atoms with Gasteiger partial charge in [0.05, 0.1) is 24.3 Å². The number of hydrogen-bond donors (Lipinski definition) is 1. The maximum absolute atomic E-state index is 11.3. The number of aromatic nitrogens is 1. The van der Waals surface area contributed by atoms with Gasteiger partial charge in [-0.05, 0) is 38.3 Å². The first kappa shape index (κ1) is 17.4. The number of aliphatic carboxylic acids is 1. The van der Waals surface area contributed by atoms with E-state index < -0.39 is 5.97 Å². The number of hydrogen-bond acceptors (Lipinski definition) is 5. The van der Waals surface area contributed by atoms with E-state index in [1.807, 2.05) is 0 Å². The molecule has 0 unspecified atom stereocenters. The van der Waals surface area contributed by atoms with E-state index in [0.717, 1.165) is 44.1 Å². The van der Waals surface area contributed by atoms with Gasteiger partial charge in [-0.1, -0.05) is 20.8 Å². The second-order valence-electron chi connectivity index (χ2n) is 8.06. The van der Waals surface area contributed by atoms with Crippen molar-refractivity contribution in [1.82, 2.24) is 9.88 Å². The van der Waals surface area contributed by atoms with Gasteiger partial charge in [0.2, 0.25) is 5.89 Å². The number of piperidine rings is 1. The van der Waals surface area contributed by atoms with Crippen molar-refractivity contribution in [2.75, 3.05) is 19.7 Å². The van der Waals surface area contributed by atoms with Crippen LogP contribution in [0.5, 0.6) is 0 Å². The van der Waals surface area contributed by atoms with Crippen LogP contribution in [0.25, 0.3) is 0 Å². The number of oxazole rings is 1. The number of carboxylic acids is 1. The molecule has 0 aromatic carbocycles. The van der Waals surface area contributed by atoms with E-state index in [9.17, 15) is 9.90 Å². The van der Waals surface area contributed by atoms with E-state index in [1.54, 1.807) is 6.26 Å². The van der Waals surface area contributed by atoms with Crippen LogP contribution in [0.2, 0.25) is 0 Å². The molecule has 0 aliphatic carbocycles. The molecule has 6 nitrogen and oxygen atoms in total. The van der Waals surface area contributed by atoms with Gasteiger partial charge in [-0.3, -0.25) is 9.69 Å². The van der Waals surface area contributed by atoms with Crippen LogP contribution in [-0.2, 0) is 21.5 Å². The quantitative estimate of drug-likeness (QED) is 0.911. The number of likely N-dealkylation sites (tertiary alicyclic amines) is 1. The summed E-state index contributed by atoms with van der Waals surface area (Å²) in [6, 6.07) is 0. The number of carbonyl (C=O) groups is 1. The SMILES string of the molecule is CC(C)(C)c1coc(CN2CCC([C@@H]3OCC[C@H]3C(=O)O)CC2)n1.